The summed E-state index contributed by atoms with van der Waals surface area (Å²) in [6.07, 6.45) is -0.799. The van der Waals surface area contributed by atoms with E-state index in [-0.39, 0.29) is 0 Å². The molecule has 0 fully saturated rings. The largest absolute Gasteiger partial charge is 0.470 e. The lowest BCUT2D eigenvalue weighted by Crippen LogP contribution is -1.99. The maximum atomic E-state index is 11.0. The zero-order chi connectivity index (χ0) is 12.9. The predicted molar refractivity (Wildman–Crippen MR) is 66.9 cm³/mol. The van der Waals surface area contributed by atoms with Gasteiger partial charge in [-0.1, -0.05) is 35.6 Å². The van der Waals surface area contributed by atoms with Gasteiger partial charge in [-0.3, -0.25) is 4.52 Å². The van der Waals surface area contributed by atoms with Crippen LogP contribution in [0.15, 0.2) is 24.3 Å². The maximum Gasteiger partial charge on any atom is 0.470 e. The minimum absolute atomic E-state index is 0.355. The molecule has 6 nitrogen and oxygen atoms in total. The van der Waals surface area contributed by atoms with Gasteiger partial charge in [0.25, 0.3) is 0 Å². The second-order valence-corrected chi connectivity index (χ2v) is 6.08. The van der Waals surface area contributed by atoms with E-state index in [1.807, 2.05) is 12.1 Å². The Hall–Kier alpha value is -1.24. The lowest BCUT2D eigenvalue weighted by molar-refractivity contribution is 0.162. The summed E-state index contributed by atoms with van der Waals surface area (Å²) in [4.78, 5) is 22.8. The average Bonchev–Trinajstić information content (AvgIpc) is 2.76. The van der Waals surface area contributed by atoms with Crippen LogP contribution >= 0.6 is 19.2 Å². The fraction of sp³-hybridized carbons (Fsp3) is 0.100. The molecule has 4 N–H and O–H groups in total. The number of nitrogens with two attached hydrogens (primary N) is 1. The number of nitrogen functional groups attached to an aromatic ring is 1. The van der Waals surface area contributed by atoms with Crippen molar-refractivity contribution in [1.29, 1.82) is 0 Å². The molecule has 1 aliphatic rings. The fourth-order valence-corrected chi connectivity index (χ4v) is 3.51. The molecule has 1 aliphatic carbocycles. The third-order valence-electron chi connectivity index (χ3n) is 2.65. The number of hydrogen-bond donors (Lipinski definition) is 3. The molecule has 1 aromatic carbocycles. The van der Waals surface area contributed by atoms with Gasteiger partial charge in [-0.05, 0) is 5.56 Å². The van der Waals surface area contributed by atoms with Crippen LogP contribution in [-0.4, -0.2) is 14.8 Å². The summed E-state index contributed by atoms with van der Waals surface area (Å²) in [6.45, 7) is 0. The van der Waals surface area contributed by atoms with Crippen LogP contribution in [0, 0.1) is 0 Å². The Morgan fingerprint density at radius 2 is 2.11 bits per heavy atom. The quantitative estimate of drug-likeness (QED) is 0.727. The first kappa shape index (κ1) is 11.8. The van der Waals surface area contributed by atoms with Gasteiger partial charge in [-0.25, -0.2) is 9.55 Å². The van der Waals surface area contributed by atoms with Gasteiger partial charge in [0, 0.05) is 5.56 Å². The van der Waals surface area contributed by atoms with Gasteiger partial charge in [0.1, 0.15) is 6.10 Å². The summed E-state index contributed by atoms with van der Waals surface area (Å²) in [5, 5.41) is 0.355. The van der Waals surface area contributed by atoms with Crippen LogP contribution in [0.3, 0.4) is 0 Å². The first-order valence-electron chi connectivity index (χ1n) is 5.05. The highest BCUT2D eigenvalue weighted by Gasteiger charge is 2.37. The van der Waals surface area contributed by atoms with Crippen molar-refractivity contribution in [2.24, 2.45) is 0 Å². The van der Waals surface area contributed by atoms with E-state index in [1.165, 1.54) is 11.3 Å². The molecule has 3 rings (SSSR count). The monoisotopic (exact) mass is 284 g/mol. The van der Waals surface area contributed by atoms with Crippen molar-refractivity contribution in [2.45, 2.75) is 6.10 Å². The number of anilines is 1. The summed E-state index contributed by atoms with van der Waals surface area (Å²) >= 11 is 1.18. The van der Waals surface area contributed by atoms with Crippen molar-refractivity contribution >= 4 is 24.3 Å². The summed E-state index contributed by atoms with van der Waals surface area (Å²) in [7, 11) is -4.58. The highest BCUT2D eigenvalue weighted by molar-refractivity contribution is 7.46. The van der Waals surface area contributed by atoms with Crippen LogP contribution in [0.25, 0.3) is 11.3 Å². The van der Waals surface area contributed by atoms with E-state index in [0.29, 0.717) is 21.3 Å². The Kier molecular flexibility index (Phi) is 2.55. The van der Waals surface area contributed by atoms with Crippen LogP contribution < -0.4 is 5.73 Å². The number of hydrogen-bond acceptors (Lipinski definition) is 5. The van der Waals surface area contributed by atoms with Gasteiger partial charge in [0.2, 0.25) is 0 Å². The second kappa shape index (κ2) is 3.88. The number of fused-ring (bicyclic) bond motifs is 3. The summed E-state index contributed by atoms with van der Waals surface area (Å²) in [5.74, 6) is 0. The molecule has 18 heavy (non-hydrogen) atoms. The Morgan fingerprint density at radius 3 is 2.83 bits per heavy atom. The number of rotatable bonds is 2. The molecule has 0 radical (unpaired) electrons. The number of thiazole rings is 1. The first-order chi connectivity index (χ1) is 8.46. The second-order valence-electron chi connectivity index (χ2n) is 3.83. The number of benzene rings is 1. The molecular weight excluding hydrogens is 275 g/mol. The summed E-state index contributed by atoms with van der Waals surface area (Å²) < 4.78 is 15.9. The van der Waals surface area contributed by atoms with Crippen molar-refractivity contribution in [3.05, 3.63) is 34.7 Å². The molecule has 0 bridgehead atoms. The van der Waals surface area contributed by atoms with Crippen molar-refractivity contribution < 1.29 is 18.9 Å². The van der Waals surface area contributed by atoms with Crippen molar-refractivity contribution in [3.63, 3.8) is 0 Å². The van der Waals surface area contributed by atoms with Gasteiger partial charge >= 0.3 is 7.82 Å². The maximum absolute atomic E-state index is 11.0. The molecule has 1 unspecified atom stereocenters. The average molecular weight is 284 g/mol. The zero-order valence-corrected chi connectivity index (χ0v) is 10.7. The molecule has 0 spiro atoms. The predicted octanol–water partition coefficient (Wildman–Crippen LogP) is 1.90. The number of nitrogens with zero attached hydrogens (tertiary/aromatic N) is 1. The third-order valence-corrected chi connectivity index (χ3v) is 4.06. The lowest BCUT2D eigenvalue weighted by Gasteiger charge is -2.13. The molecule has 8 heteroatoms. The zero-order valence-electron chi connectivity index (χ0n) is 8.98. The van der Waals surface area contributed by atoms with Crippen LogP contribution in [0.4, 0.5) is 5.13 Å². The Morgan fingerprint density at radius 1 is 1.39 bits per heavy atom. The van der Waals surface area contributed by atoms with E-state index >= 15 is 0 Å². The number of aromatic nitrogens is 1. The standard InChI is InChI=1S/C10H9N2O4PS/c11-10-12-7-5-3-1-2-4-6(5)8(9(7)18-10)16-17(13,14)15/h1-4,8H,(H2,11,12)(H2,13,14,15). The minimum Gasteiger partial charge on any atom is -0.375 e. The number of phosphoric acid groups is 1. The van der Waals surface area contributed by atoms with Gasteiger partial charge < -0.3 is 15.5 Å². The molecule has 2 aromatic rings. The molecule has 0 saturated heterocycles. The molecule has 0 amide bonds. The molecule has 0 aliphatic heterocycles. The van der Waals surface area contributed by atoms with Crippen molar-refractivity contribution in [3.8, 4) is 11.3 Å². The number of phosphoric ester groups is 1. The van der Waals surface area contributed by atoms with Gasteiger partial charge in [0.05, 0.1) is 10.6 Å². The minimum atomic E-state index is -4.58. The molecule has 0 saturated carbocycles. The summed E-state index contributed by atoms with van der Waals surface area (Å²) in [5.41, 5.74) is 7.78. The van der Waals surface area contributed by atoms with E-state index in [9.17, 15) is 4.57 Å². The van der Waals surface area contributed by atoms with Crippen LogP contribution in [0.2, 0.25) is 0 Å². The Balaban J connectivity index is 2.17. The fourth-order valence-electron chi connectivity index (χ4n) is 2.04. The highest BCUT2D eigenvalue weighted by atomic mass is 32.1. The van der Waals surface area contributed by atoms with Crippen LogP contribution in [0.5, 0.6) is 0 Å². The Bertz CT molecular complexity index is 666. The van der Waals surface area contributed by atoms with Crippen molar-refractivity contribution in [1.82, 2.24) is 4.98 Å². The smallest absolute Gasteiger partial charge is 0.375 e. The van der Waals surface area contributed by atoms with Crippen LogP contribution in [-0.2, 0) is 9.09 Å². The third kappa shape index (κ3) is 1.86. The topological polar surface area (TPSA) is 106 Å². The molecule has 1 aromatic heterocycles. The Labute approximate surface area is 106 Å². The van der Waals surface area contributed by atoms with Gasteiger partial charge in [0.15, 0.2) is 5.13 Å². The van der Waals surface area contributed by atoms with E-state index in [0.717, 1.165) is 5.56 Å². The van der Waals surface area contributed by atoms with Crippen molar-refractivity contribution in [2.75, 3.05) is 5.73 Å². The van der Waals surface area contributed by atoms with Crippen LogP contribution in [0.1, 0.15) is 16.5 Å². The normalized spacial score (nSPS) is 17.6. The van der Waals surface area contributed by atoms with Gasteiger partial charge in [-0.15, -0.1) is 0 Å². The van der Waals surface area contributed by atoms with E-state index in [4.69, 9.17) is 20.0 Å². The molecule has 1 heterocycles. The van der Waals surface area contributed by atoms with E-state index in [1.54, 1.807) is 12.1 Å². The van der Waals surface area contributed by atoms with E-state index < -0.39 is 13.9 Å². The highest BCUT2D eigenvalue weighted by Crippen LogP contribution is 2.54. The molecule has 1 atom stereocenters. The van der Waals surface area contributed by atoms with E-state index in [2.05, 4.69) is 4.98 Å². The molecular formula is C10H9N2O4PS. The lowest BCUT2D eigenvalue weighted by atomic mass is 10.1. The SMILES string of the molecule is Nc1nc2c(s1)C(OP(=O)(O)O)c1ccccc1-2. The molecule has 94 valence electrons. The summed E-state index contributed by atoms with van der Waals surface area (Å²) in [6, 6.07) is 7.21. The van der Waals surface area contributed by atoms with Gasteiger partial charge in [-0.2, -0.15) is 0 Å². The first-order valence-corrected chi connectivity index (χ1v) is 7.40.